The minimum Gasteiger partial charge on any atom is -0.309 e. The van der Waals surface area contributed by atoms with Crippen LogP contribution in [0.5, 0.6) is 0 Å². The number of aromatic nitrogens is 2. The van der Waals surface area contributed by atoms with E-state index in [4.69, 9.17) is 21.6 Å². The minimum atomic E-state index is -0.152. The van der Waals surface area contributed by atoms with Gasteiger partial charge >= 0.3 is 0 Å². The van der Waals surface area contributed by atoms with Gasteiger partial charge in [-0.25, -0.2) is 9.97 Å². The smallest absolute Gasteiger partial charge is 0.229 e. The molecule has 174 valence electrons. The van der Waals surface area contributed by atoms with Crippen LogP contribution in [0, 0.1) is 4.91 Å². The van der Waals surface area contributed by atoms with Crippen LogP contribution in [0.25, 0.3) is 11.3 Å². The lowest BCUT2D eigenvalue weighted by molar-refractivity contribution is -0.115. The largest absolute Gasteiger partial charge is 0.309 e. The number of hydrogen-bond acceptors (Lipinski definition) is 5. The Labute approximate surface area is 208 Å². The summed E-state index contributed by atoms with van der Waals surface area (Å²) in [6.07, 6.45) is 3.04. The normalized spacial score (nSPS) is 11.9. The molecule has 0 saturated heterocycles. The molecule has 0 fully saturated rings. The van der Waals surface area contributed by atoms with Crippen molar-refractivity contribution in [3.63, 3.8) is 0 Å². The van der Waals surface area contributed by atoms with Crippen LogP contribution in [-0.4, -0.2) is 15.9 Å². The molecule has 6 nitrogen and oxygen atoms in total. The fraction of sp³-hybridized carbons (Fsp3) is 0.179. The van der Waals surface area contributed by atoms with E-state index < -0.39 is 0 Å². The zero-order valence-corrected chi connectivity index (χ0v) is 19.8. The number of carbonyl (C=O) groups excluding carboxylic acids is 1. The molecule has 35 heavy (non-hydrogen) atoms. The molecule has 0 spiro atoms. The molecule has 4 aromatic rings. The second kappa shape index (κ2) is 10.2. The highest BCUT2D eigenvalue weighted by Crippen LogP contribution is 2.35. The van der Waals surface area contributed by atoms with Gasteiger partial charge in [0.1, 0.15) is 5.69 Å². The second-order valence-electron chi connectivity index (χ2n) is 8.58. The van der Waals surface area contributed by atoms with Gasteiger partial charge in [-0.2, -0.15) is 0 Å². The first-order valence-corrected chi connectivity index (χ1v) is 11.9. The molecular weight excluding hydrogens is 460 g/mol. The van der Waals surface area contributed by atoms with Crippen molar-refractivity contribution in [3.05, 3.63) is 111 Å². The van der Waals surface area contributed by atoms with Crippen LogP contribution >= 0.6 is 11.6 Å². The van der Waals surface area contributed by atoms with E-state index in [1.165, 1.54) is 5.56 Å². The fourth-order valence-corrected chi connectivity index (χ4v) is 4.49. The summed E-state index contributed by atoms with van der Waals surface area (Å²) >= 11 is 5.96. The van der Waals surface area contributed by atoms with Crippen LogP contribution in [0.3, 0.4) is 0 Å². The van der Waals surface area contributed by atoms with Gasteiger partial charge in [-0.15, -0.1) is 4.91 Å². The molecule has 0 unspecified atom stereocenters. The minimum absolute atomic E-state index is 0.152. The van der Waals surface area contributed by atoms with E-state index in [2.05, 4.69) is 22.6 Å². The molecule has 0 atom stereocenters. The van der Waals surface area contributed by atoms with E-state index in [1.807, 2.05) is 42.5 Å². The fourth-order valence-electron chi connectivity index (χ4n) is 4.37. The number of fused-ring (bicyclic) bond motifs is 3. The summed E-state index contributed by atoms with van der Waals surface area (Å²) in [4.78, 5) is 33.7. The maximum Gasteiger partial charge on any atom is 0.229 e. The van der Waals surface area contributed by atoms with Crippen molar-refractivity contribution in [3.8, 4) is 11.3 Å². The molecule has 0 aliphatic heterocycles. The van der Waals surface area contributed by atoms with Gasteiger partial charge in [0.2, 0.25) is 5.91 Å². The van der Waals surface area contributed by atoms with Crippen molar-refractivity contribution in [2.75, 3.05) is 5.32 Å². The summed E-state index contributed by atoms with van der Waals surface area (Å²) in [5.74, 6) is 0.355. The number of nitrogens with one attached hydrogen (secondary N) is 1. The number of anilines is 1. The van der Waals surface area contributed by atoms with Crippen molar-refractivity contribution in [1.29, 1.82) is 0 Å². The molecule has 1 aromatic heterocycles. The van der Waals surface area contributed by atoms with Crippen LogP contribution < -0.4 is 5.32 Å². The lowest BCUT2D eigenvalue weighted by Crippen LogP contribution is -2.20. The number of carbonyl (C=O) groups is 1. The number of aryl methyl sites for hydroxylation is 4. The maximum absolute atomic E-state index is 12.9. The Hall–Kier alpha value is -3.90. The summed E-state index contributed by atoms with van der Waals surface area (Å²) in [7, 11) is 0. The number of rotatable bonds is 7. The molecule has 5 rings (SSSR count). The van der Waals surface area contributed by atoms with Crippen LogP contribution in [0.15, 0.2) is 78.0 Å². The van der Waals surface area contributed by atoms with E-state index in [0.717, 1.165) is 46.6 Å². The van der Waals surface area contributed by atoms with Gasteiger partial charge in [0, 0.05) is 10.6 Å². The summed E-state index contributed by atoms with van der Waals surface area (Å²) in [6.45, 7) is 0. The number of nitrogens with zero attached hydrogens (tertiary/aromatic N) is 3. The molecule has 1 aliphatic rings. The lowest BCUT2D eigenvalue weighted by atomic mass is 9.91. The van der Waals surface area contributed by atoms with Crippen LogP contribution in [0.2, 0.25) is 5.02 Å². The SMILES string of the molecule is O=Nc1ccc2c(c1)CCc1nc(NC(=O)Cc3ccc(Cl)cc3)c(CCc3ccccc3)nc1-2. The predicted molar refractivity (Wildman–Crippen MR) is 138 cm³/mol. The summed E-state index contributed by atoms with van der Waals surface area (Å²) in [5.41, 5.74) is 6.86. The number of amides is 1. The molecule has 1 amide bonds. The first-order valence-electron chi connectivity index (χ1n) is 11.5. The lowest BCUT2D eigenvalue weighted by Gasteiger charge is -2.21. The zero-order chi connectivity index (χ0) is 24.2. The molecule has 0 radical (unpaired) electrons. The average molecular weight is 483 g/mol. The molecule has 1 N–H and O–H groups in total. The zero-order valence-electron chi connectivity index (χ0n) is 19.0. The number of nitroso groups, excluding NO2 is 1. The third-order valence-corrected chi connectivity index (χ3v) is 6.40. The van der Waals surface area contributed by atoms with Gasteiger partial charge in [0.05, 0.1) is 23.5 Å². The first-order chi connectivity index (χ1) is 17.1. The third kappa shape index (κ3) is 5.28. The summed E-state index contributed by atoms with van der Waals surface area (Å²) in [5, 5.41) is 6.69. The maximum atomic E-state index is 12.9. The molecule has 3 aromatic carbocycles. The quantitative estimate of drug-likeness (QED) is 0.315. The van der Waals surface area contributed by atoms with Crippen LogP contribution in [0.1, 0.15) is 28.1 Å². The van der Waals surface area contributed by atoms with Gasteiger partial charge in [-0.1, -0.05) is 60.1 Å². The van der Waals surface area contributed by atoms with E-state index in [1.54, 1.807) is 18.2 Å². The van der Waals surface area contributed by atoms with Crippen LogP contribution in [0.4, 0.5) is 11.5 Å². The van der Waals surface area contributed by atoms with Gasteiger partial charge in [0.25, 0.3) is 0 Å². The predicted octanol–water partition coefficient (Wildman–Crippen LogP) is 6.26. The molecular formula is C28H23ClN4O2. The third-order valence-electron chi connectivity index (χ3n) is 6.15. The van der Waals surface area contributed by atoms with Crippen LogP contribution in [-0.2, 0) is 36.9 Å². The molecule has 0 bridgehead atoms. The summed E-state index contributed by atoms with van der Waals surface area (Å²) < 4.78 is 0. The molecule has 1 aliphatic carbocycles. The van der Waals surface area contributed by atoms with Gasteiger partial charge in [-0.3, -0.25) is 4.79 Å². The second-order valence-corrected chi connectivity index (χ2v) is 9.02. The Balaban J connectivity index is 1.46. The topological polar surface area (TPSA) is 84.3 Å². The number of benzene rings is 3. The highest BCUT2D eigenvalue weighted by molar-refractivity contribution is 6.30. The number of halogens is 1. The molecule has 0 saturated carbocycles. The van der Waals surface area contributed by atoms with E-state index >= 15 is 0 Å². The average Bonchev–Trinajstić information content (AvgIpc) is 2.89. The summed E-state index contributed by atoms with van der Waals surface area (Å²) in [6, 6.07) is 22.8. The Bertz CT molecular complexity index is 1390. The Morgan fingerprint density at radius 3 is 2.49 bits per heavy atom. The van der Waals surface area contributed by atoms with Crippen molar-refractivity contribution in [2.24, 2.45) is 5.18 Å². The Morgan fingerprint density at radius 2 is 1.71 bits per heavy atom. The van der Waals surface area contributed by atoms with Crippen molar-refractivity contribution in [1.82, 2.24) is 9.97 Å². The first kappa shape index (κ1) is 22.9. The van der Waals surface area contributed by atoms with E-state index in [0.29, 0.717) is 29.4 Å². The highest BCUT2D eigenvalue weighted by atomic mass is 35.5. The van der Waals surface area contributed by atoms with Crippen molar-refractivity contribution in [2.45, 2.75) is 32.1 Å². The Kier molecular flexibility index (Phi) is 6.64. The molecule has 7 heteroatoms. The van der Waals surface area contributed by atoms with Crippen molar-refractivity contribution >= 4 is 29.0 Å². The van der Waals surface area contributed by atoms with Crippen molar-refractivity contribution < 1.29 is 4.79 Å². The van der Waals surface area contributed by atoms with E-state index in [-0.39, 0.29) is 12.3 Å². The Morgan fingerprint density at radius 1 is 0.914 bits per heavy atom. The van der Waals surface area contributed by atoms with Gasteiger partial charge in [0.15, 0.2) is 5.82 Å². The number of hydrogen-bond donors (Lipinski definition) is 1. The standard InChI is InChI=1S/C28H23ClN4O2/c29-21-10-6-19(7-11-21)16-26(34)32-28-25(14-8-18-4-2-1-3-5-18)30-27-23-13-12-22(33-35)17-20(23)9-15-24(27)31-28/h1-7,10-13,17H,8-9,14-16H2,(H,31,32,34). The van der Waals surface area contributed by atoms with Gasteiger partial charge in [-0.05, 0) is 71.8 Å². The monoisotopic (exact) mass is 482 g/mol. The van der Waals surface area contributed by atoms with Gasteiger partial charge < -0.3 is 5.32 Å². The highest BCUT2D eigenvalue weighted by Gasteiger charge is 2.23. The molecule has 1 heterocycles. The van der Waals surface area contributed by atoms with E-state index in [9.17, 15) is 9.70 Å².